The van der Waals surface area contributed by atoms with Crippen molar-refractivity contribution in [2.45, 2.75) is 38.1 Å². The SMILES string of the molecule is Cc1ccc(-n2nnnc2SC[C@H](O)CO[C@H](C)c2ccc(Cl)cc2)c(C)c1. The molecule has 0 aliphatic rings. The monoisotopic (exact) mass is 418 g/mol. The number of aliphatic hydroxyl groups is 1. The molecule has 2 aromatic carbocycles. The van der Waals surface area contributed by atoms with Crippen molar-refractivity contribution in [3.63, 3.8) is 0 Å². The van der Waals surface area contributed by atoms with Gasteiger partial charge in [-0.3, -0.25) is 0 Å². The second kappa shape index (κ2) is 9.52. The summed E-state index contributed by atoms with van der Waals surface area (Å²) in [4.78, 5) is 0. The number of rotatable bonds is 8. The van der Waals surface area contributed by atoms with Crippen molar-refractivity contribution < 1.29 is 9.84 Å². The molecule has 28 heavy (non-hydrogen) atoms. The van der Waals surface area contributed by atoms with E-state index in [4.69, 9.17) is 16.3 Å². The van der Waals surface area contributed by atoms with Crippen molar-refractivity contribution in [2.24, 2.45) is 0 Å². The molecule has 148 valence electrons. The van der Waals surface area contributed by atoms with Gasteiger partial charge in [-0.2, -0.15) is 4.68 Å². The molecule has 3 aromatic rings. The van der Waals surface area contributed by atoms with Gasteiger partial charge in [0.25, 0.3) is 0 Å². The van der Waals surface area contributed by atoms with Crippen LogP contribution in [0.5, 0.6) is 0 Å². The predicted molar refractivity (Wildman–Crippen MR) is 111 cm³/mol. The molecule has 0 fully saturated rings. The summed E-state index contributed by atoms with van der Waals surface area (Å²) >= 11 is 7.31. The quantitative estimate of drug-likeness (QED) is 0.553. The van der Waals surface area contributed by atoms with E-state index in [-0.39, 0.29) is 12.7 Å². The minimum Gasteiger partial charge on any atom is -0.390 e. The van der Waals surface area contributed by atoms with Crippen molar-refractivity contribution in [2.75, 3.05) is 12.4 Å². The summed E-state index contributed by atoms with van der Waals surface area (Å²) in [6.45, 7) is 6.25. The maximum Gasteiger partial charge on any atom is 0.214 e. The van der Waals surface area contributed by atoms with Gasteiger partial charge in [-0.1, -0.05) is 53.2 Å². The molecule has 0 aliphatic heterocycles. The number of aryl methyl sites for hydroxylation is 2. The van der Waals surface area contributed by atoms with Crippen molar-refractivity contribution in [3.05, 3.63) is 64.2 Å². The zero-order valence-corrected chi connectivity index (χ0v) is 17.6. The smallest absolute Gasteiger partial charge is 0.214 e. The Morgan fingerprint density at radius 1 is 1.18 bits per heavy atom. The summed E-state index contributed by atoms with van der Waals surface area (Å²) in [5.74, 6) is 0.429. The Labute approximate surface area is 173 Å². The molecule has 0 saturated carbocycles. The fourth-order valence-corrected chi connectivity index (χ4v) is 3.68. The Balaban J connectivity index is 1.54. The molecule has 0 unspecified atom stereocenters. The van der Waals surface area contributed by atoms with Crippen LogP contribution in [0.2, 0.25) is 5.02 Å². The van der Waals surface area contributed by atoms with Gasteiger partial charge in [0.05, 0.1) is 24.5 Å². The minimum atomic E-state index is -0.635. The normalized spacial score (nSPS) is 13.5. The Hall–Kier alpha value is -1.93. The highest BCUT2D eigenvalue weighted by Gasteiger charge is 2.15. The highest BCUT2D eigenvalue weighted by Crippen LogP contribution is 2.23. The highest BCUT2D eigenvalue weighted by atomic mass is 35.5. The van der Waals surface area contributed by atoms with E-state index in [2.05, 4.69) is 21.6 Å². The maximum atomic E-state index is 10.3. The van der Waals surface area contributed by atoms with Crippen molar-refractivity contribution >= 4 is 23.4 Å². The number of hydrogen-bond donors (Lipinski definition) is 1. The summed E-state index contributed by atoms with van der Waals surface area (Å²) in [5, 5.41) is 23.6. The van der Waals surface area contributed by atoms with Gasteiger partial charge in [0, 0.05) is 10.8 Å². The summed E-state index contributed by atoms with van der Waals surface area (Å²) in [7, 11) is 0. The van der Waals surface area contributed by atoms with E-state index in [1.807, 2.05) is 57.2 Å². The van der Waals surface area contributed by atoms with Crippen LogP contribution in [0.25, 0.3) is 5.69 Å². The van der Waals surface area contributed by atoms with Crippen molar-refractivity contribution in [1.29, 1.82) is 0 Å². The largest absolute Gasteiger partial charge is 0.390 e. The number of benzene rings is 2. The highest BCUT2D eigenvalue weighted by molar-refractivity contribution is 7.99. The summed E-state index contributed by atoms with van der Waals surface area (Å²) in [6.07, 6.45) is -0.763. The molecular formula is C20H23ClN4O2S. The Bertz CT molecular complexity index is 917. The first kappa shape index (κ1) is 20.8. The molecule has 0 saturated heterocycles. The second-order valence-electron chi connectivity index (χ2n) is 6.66. The number of nitrogens with zero attached hydrogens (tertiary/aromatic N) is 4. The first-order valence-corrected chi connectivity index (χ1v) is 10.3. The average molecular weight is 419 g/mol. The Kier molecular flexibility index (Phi) is 7.07. The number of aliphatic hydroxyl groups excluding tert-OH is 1. The third-order valence-corrected chi connectivity index (χ3v) is 5.62. The van der Waals surface area contributed by atoms with Crippen LogP contribution in [-0.2, 0) is 4.74 Å². The van der Waals surface area contributed by atoms with Gasteiger partial charge < -0.3 is 9.84 Å². The van der Waals surface area contributed by atoms with Gasteiger partial charge >= 0.3 is 0 Å². The second-order valence-corrected chi connectivity index (χ2v) is 8.08. The molecule has 2 atom stereocenters. The lowest BCUT2D eigenvalue weighted by Crippen LogP contribution is -2.19. The number of ether oxygens (including phenoxy) is 1. The van der Waals surface area contributed by atoms with E-state index in [0.29, 0.717) is 15.9 Å². The lowest BCUT2D eigenvalue weighted by Gasteiger charge is -2.16. The molecule has 0 aliphatic carbocycles. The molecule has 0 bridgehead atoms. The number of halogens is 1. The van der Waals surface area contributed by atoms with Crippen LogP contribution in [0.15, 0.2) is 47.6 Å². The standard InChI is InChI=1S/C20H23ClN4O2S/c1-13-4-9-19(14(2)10-13)25-20(22-23-24-25)28-12-18(26)11-27-15(3)16-5-7-17(21)8-6-16/h4-10,15,18,26H,11-12H2,1-3H3/t15-,18-/m1/s1. The zero-order valence-electron chi connectivity index (χ0n) is 16.0. The number of hydrogen-bond acceptors (Lipinski definition) is 6. The van der Waals surface area contributed by atoms with E-state index in [1.54, 1.807) is 4.68 Å². The molecule has 3 rings (SSSR count). The van der Waals surface area contributed by atoms with E-state index in [9.17, 15) is 5.11 Å². The Morgan fingerprint density at radius 3 is 2.64 bits per heavy atom. The van der Waals surface area contributed by atoms with Gasteiger partial charge in [-0.25, -0.2) is 0 Å². The van der Waals surface area contributed by atoms with Crippen LogP contribution in [0, 0.1) is 13.8 Å². The van der Waals surface area contributed by atoms with Gasteiger partial charge in [-0.15, -0.1) is 5.10 Å². The van der Waals surface area contributed by atoms with Gasteiger partial charge in [-0.05, 0) is 60.5 Å². The molecule has 0 amide bonds. The van der Waals surface area contributed by atoms with Crippen molar-refractivity contribution in [1.82, 2.24) is 20.2 Å². The summed E-state index contributed by atoms with van der Waals surface area (Å²) < 4.78 is 7.48. The van der Waals surface area contributed by atoms with E-state index in [1.165, 1.54) is 17.3 Å². The molecule has 8 heteroatoms. The molecule has 0 radical (unpaired) electrons. The number of tetrazole rings is 1. The molecule has 0 spiro atoms. The molecule has 1 N–H and O–H groups in total. The zero-order chi connectivity index (χ0) is 20.1. The Morgan fingerprint density at radius 2 is 1.93 bits per heavy atom. The van der Waals surface area contributed by atoms with Gasteiger partial charge in [0.2, 0.25) is 5.16 Å². The fourth-order valence-electron chi connectivity index (χ4n) is 2.77. The number of aromatic nitrogens is 4. The third kappa shape index (κ3) is 5.32. The fraction of sp³-hybridized carbons (Fsp3) is 0.350. The summed E-state index contributed by atoms with van der Waals surface area (Å²) in [5.41, 5.74) is 4.23. The third-order valence-electron chi connectivity index (χ3n) is 4.30. The molecule has 6 nitrogen and oxygen atoms in total. The lowest BCUT2D eigenvalue weighted by atomic mass is 10.1. The van der Waals surface area contributed by atoms with Gasteiger partial charge in [0.1, 0.15) is 0 Å². The molecular weight excluding hydrogens is 396 g/mol. The first-order valence-electron chi connectivity index (χ1n) is 8.98. The number of thioether (sulfide) groups is 1. The van der Waals surface area contributed by atoms with Gasteiger partial charge in [0.15, 0.2) is 0 Å². The van der Waals surface area contributed by atoms with Crippen LogP contribution in [-0.4, -0.2) is 43.8 Å². The van der Waals surface area contributed by atoms with Crippen LogP contribution < -0.4 is 0 Å². The van der Waals surface area contributed by atoms with E-state index < -0.39 is 6.10 Å². The lowest BCUT2D eigenvalue weighted by molar-refractivity contribution is 0.00621. The van der Waals surface area contributed by atoms with E-state index in [0.717, 1.165) is 16.8 Å². The molecule has 1 heterocycles. The van der Waals surface area contributed by atoms with Crippen LogP contribution >= 0.6 is 23.4 Å². The maximum absolute atomic E-state index is 10.3. The molecule has 1 aromatic heterocycles. The van der Waals surface area contributed by atoms with Crippen LogP contribution in [0.4, 0.5) is 0 Å². The topological polar surface area (TPSA) is 73.1 Å². The predicted octanol–water partition coefficient (Wildman–Crippen LogP) is 4.16. The van der Waals surface area contributed by atoms with Crippen molar-refractivity contribution in [3.8, 4) is 5.69 Å². The first-order chi connectivity index (χ1) is 13.4. The average Bonchev–Trinajstić information content (AvgIpc) is 3.13. The van der Waals surface area contributed by atoms with Crippen LogP contribution in [0.1, 0.15) is 29.7 Å². The minimum absolute atomic E-state index is 0.127. The summed E-state index contributed by atoms with van der Waals surface area (Å²) in [6, 6.07) is 13.6. The van der Waals surface area contributed by atoms with Crippen LogP contribution in [0.3, 0.4) is 0 Å². The van der Waals surface area contributed by atoms with E-state index >= 15 is 0 Å².